The van der Waals surface area contributed by atoms with Crippen molar-refractivity contribution in [2.24, 2.45) is 0 Å². The monoisotopic (exact) mass is 551 g/mol. The second-order valence-electron chi connectivity index (χ2n) is 10.2. The highest BCUT2D eigenvalue weighted by Gasteiger charge is 2.37. The lowest BCUT2D eigenvalue weighted by molar-refractivity contribution is -0.135. The molecule has 1 unspecified atom stereocenters. The number of aryl methyl sites for hydroxylation is 2. The maximum absolute atomic E-state index is 13.4. The van der Waals surface area contributed by atoms with Crippen LogP contribution in [-0.4, -0.2) is 62.6 Å². The van der Waals surface area contributed by atoms with Gasteiger partial charge in [0.1, 0.15) is 17.9 Å². The zero-order valence-corrected chi connectivity index (χ0v) is 22.8. The van der Waals surface area contributed by atoms with Crippen molar-refractivity contribution < 1.29 is 19.4 Å². The molecule has 2 amide bonds. The number of carbonyl (C=O) groups is 2. The molecular weight excluding hydrogens is 522 g/mol. The number of anilines is 2. The lowest BCUT2D eigenvalue weighted by Crippen LogP contribution is -2.48. The number of fused-ring (bicyclic) bond motifs is 1. The molecule has 3 heterocycles. The van der Waals surface area contributed by atoms with Crippen molar-refractivity contribution in [2.75, 3.05) is 25.0 Å². The number of hydrogen-bond acceptors (Lipinski definition) is 8. The third-order valence-electron chi connectivity index (χ3n) is 7.48. The van der Waals surface area contributed by atoms with Gasteiger partial charge >= 0.3 is 6.09 Å². The number of benzene rings is 2. The molecule has 1 saturated heterocycles. The quantitative estimate of drug-likeness (QED) is 0.468. The van der Waals surface area contributed by atoms with E-state index in [0.717, 1.165) is 16.7 Å². The van der Waals surface area contributed by atoms with Gasteiger partial charge in [-0.25, -0.2) is 9.78 Å². The van der Waals surface area contributed by atoms with E-state index in [4.69, 9.17) is 14.7 Å². The molecule has 3 aromatic rings. The SMILES string of the molecule is Cc1cc(C#N)cc(C)c1Oc1nc(Nc2ccccc2C#N)nc2c1CCN(C(=O)C1CCCN1C(=O)O)CC2. The van der Waals surface area contributed by atoms with Crippen molar-refractivity contribution in [2.45, 2.75) is 45.6 Å². The first kappa shape index (κ1) is 27.4. The van der Waals surface area contributed by atoms with Crippen LogP contribution >= 0.6 is 0 Å². The summed E-state index contributed by atoms with van der Waals surface area (Å²) in [7, 11) is 0. The predicted octanol–water partition coefficient (Wildman–Crippen LogP) is 4.44. The first-order chi connectivity index (χ1) is 19.8. The van der Waals surface area contributed by atoms with Crippen LogP contribution < -0.4 is 10.1 Å². The number of nitriles is 2. The van der Waals surface area contributed by atoms with Gasteiger partial charge in [-0.15, -0.1) is 0 Å². The van der Waals surface area contributed by atoms with Gasteiger partial charge in [0.15, 0.2) is 0 Å². The van der Waals surface area contributed by atoms with Gasteiger partial charge in [-0.1, -0.05) is 12.1 Å². The first-order valence-corrected chi connectivity index (χ1v) is 13.4. The number of nitrogens with zero attached hydrogens (tertiary/aromatic N) is 6. The number of para-hydroxylation sites is 1. The minimum atomic E-state index is -1.08. The van der Waals surface area contributed by atoms with Crippen LogP contribution in [0.1, 0.15) is 46.4 Å². The molecule has 2 N–H and O–H groups in total. The van der Waals surface area contributed by atoms with E-state index in [1.807, 2.05) is 13.8 Å². The third-order valence-corrected chi connectivity index (χ3v) is 7.48. The fourth-order valence-corrected chi connectivity index (χ4v) is 5.47. The lowest BCUT2D eigenvalue weighted by Gasteiger charge is -2.28. The molecule has 11 nitrogen and oxygen atoms in total. The summed E-state index contributed by atoms with van der Waals surface area (Å²) in [6, 6.07) is 14.2. The molecule has 11 heteroatoms. The molecule has 1 fully saturated rings. The van der Waals surface area contributed by atoms with E-state index >= 15 is 0 Å². The Labute approximate surface area is 237 Å². The van der Waals surface area contributed by atoms with Gasteiger partial charge in [-0.05, 0) is 68.5 Å². The maximum atomic E-state index is 13.4. The van der Waals surface area contributed by atoms with Crippen molar-refractivity contribution in [3.8, 4) is 23.8 Å². The number of likely N-dealkylation sites (tertiary alicyclic amines) is 1. The van der Waals surface area contributed by atoms with Gasteiger partial charge in [-0.3, -0.25) is 9.69 Å². The molecule has 0 bridgehead atoms. The molecule has 0 radical (unpaired) electrons. The molecule has 2 aromatic carbocycles. The van der Waals surface area contributed by atoms with Gasteiger partial charge < -0.3 is 20.1 Å². The number of carbonyl (C=O) groups excluding carboxylic acids is 1. The number of carboxylic acid groups (broad SMARTS) is 1. The Morgan fingerprint density at radius 1 is 1.05 bits per heavy atom. The number of ether oxygens (including phenoxy) is 1. The van der Waals surface area contributed by atoms with E-state index in [-0.39, 0.29) is 11.9 Å². The Hall–Kier alpha value is -5.16. The first-order valence-electron chi connectivity index (χ1n) is 13.4. The molecule has 5 rings (SSSR count). The van der Waals surface area contributed by atoms with Gasteiger partial charge in [0.05, 0.1) is 28.6 Å². The fourth-order valence-electron chi connectivity index (χ4n) is 5.47. The molecule has 1 aromatic heterocycles. The Morgan fingerprint density at radius 3 is 2.49 bits per heavy atom. The predicted molar refractivity (Wildman–Crippen MR) is 149 cm³/mol. The van der Waals surface area contributed by atoms with E-state index in [1.165, 1.54) is 4.90 Å². The highest BCUT2D eigenvalue weighted by atomic mass is 16.5. The zero-order chi connectivity index (χ0) is 29.1. The van der Waals surface area contributed by atoms with Crippen LogP contribution in [0.2, 0.25) is 0 Å². The molecule has 2 aliphatic rings. The van der Waals surface area contributed by atoms with E-state index in [2.05, 4.69) is 17.5 Å². The van der Waals surface area contributed by atoms with Crippen LogP contribution in [0, 0.1) is 36.5 Å². The summed E-state index contributed by atoms with van der Waals surface area (Å²) in [6.07, 6.45) is 0.913. The standard InChI is InChI=1S/C30H29N7O4/c1-18-14-20(16-31)15-19(2)26(18)41-27-22-9-12-36(28(38)25-8-5-11-37(25)30(39)40)13-10-24(22)34-29(35-27)33-23-7-4-3-6-21(23)17-32/h3-4,6-7,14-15,25H,5,8-13H2,1-2H3,(H,39,40)(H,33,34,35). The van der Waals surface area contributed by atoms with Gasteiger partial charge in [0.25, 0.3) is 0 Å². The molecule has 208 valence electrons. The molecule has 0 aliphatic carbocycles. The molecule has 0 saturated carbocycles. The maximum Gasteiger partial charge on any atom is 0.407 e. The van der Waals surface area contributed by atoms with E-state index in [1.54, 1.807) is 41.3 Å². The fraction of sp³-hybridized carbons (Fsp3) is 0.333. The summed E-state index contributed by atoms with van der Waals surface area (Å²) >= 11 is 0. The number of aromatic nitrogens is 2. The van der Waals surface area contributed by atoms with Crippen molar-refractivity contribution in [1.82, 2.24) is 19.8 Å². The minimum absolute atomic E-state index is 0.201. The summed E-state index contributed by atoms with van der Waals surface area (Å²) in [5.41, 5.74) is 4.52. The Bertz CT molecular complexity index is 1580. The Kier molecular flexibility index (Phi) is 7.70. The van der Waals surface area contributed by atoms with Crippen molar-refractivity contribution in [3.63, 3.8) is 0 Å². The van der Waals surface area contributed by atoms with Gasteiger partial charge in [-0.2, -0.15) is 15.5 Å². The highest BCUT2D eigenvalue weighted by Crippen LogP contribution is 2.34. The summed E-state index contributed by atoms with van der Waals surface area (Å²) in [6.45, 7) is 4.81. The summed E-state index contributed by atoms with van der Waals surface area (Å²) in [4.78, 5) is 37.4. The minimum Gasteiger partial charge on any atom is -0.465 e. The average molecular weight is 552 g/mol. The van der Waals surface area contributed by atoms with Crippen LogP contribution in [0.25, 0.3) is 0 Å². The zero-order valence-electron chi connectivity index (χ0n) is 22.8. The van der Waals surface area contributed by atoms with Crippen molar-refractivity contribution in [3.05, 3.63) is 69.9 Å². The third kappa shape index (κ3) is 5.61. The van der Waals surface area contributed by atoms with Crippen molar-refractivity contribution in [1.29, 1.82) is 10.5 Å². The summed E-state index contributed by atoms with van der Waals surface area (Å²) < 4.78 is 6.42. The molecule has 2 aliphatic heterocycles. The molecular formula is C30H29N7O4. The number of nitrogens with one attached hydrogen (secondary N) is 1. The van der Waals surface area contributed by atoms with E-state index < -0.39 is 12.1 Å². The number of rotatable bonds is 5. The second-order valence-corrected chi connectivity index (χ2v) is 10.2. The van der Waals surface area contributed by atoms with E-state index in [9.17, 15) is 25.2 Å². The topological polar surface area (TPSA) is 155 Å². The Morgan fingerprint density at radius 2 is 1.78 bits per heavy atom. The van der Waals surface area contributed by atoms with Crippen LogP contribution in [-0.2, 0) is 17.6 Å². The lowest BCUT2D eigenvalue weighted by atomic mass is 10.1. The molecule has 1 atom stereocenters. The van der Waals surface area contributed by atoms with Crippen molar-refractivity contribution >= 4 is 23.6 Å². The van der Waals surface area contributed by atoms with Crippen LogP contribution in [0.15, 0.2) is 36.4 Å². The summed E-state index contributed by atoms with van der Waals surface area (Å²) in [5, 5.41) is 31.6. The number of hydrogen-bond donors (Lipinski definition) is 2. The van der Waals surface area contributed by atoms with E-state index in [0.29, 0.717) is 79.5 Å². The van der Waals surface area contributed by atoms with Gasteiger partial charge in [0, 0.05) is 31.6 Å². The molecule has 0 spiro atoms. The van der Waals surface area contributed by atoms with Crippen LogP contribution in [0.5, 0.6) is 11.6 Å². The molecule has 41 heavy (non-hydrogen) atoms. The average Bonchev–Trinajstić information content (AvgIpc) is 3.36. The number of amides is 2. The second kappa shape index (κ2) is 11.5. The smallest absolute Gasteiger partial charge is 0.407 e. The van der Waals surface area contributed by atoms with Crippen LogP contribution in [0.3, 0.4) is 0 Å². The largest absolute Gasteiger partial charge is 0.465 e. The highest BCUT2D eigenvalue weighted by molar-refractivity contribution is 5.86. The van der Waals surface area contributed by atoms with Crippen LogP contribution in [0.4, 0.5) is 16.4 Å². The summed E-state index contributed by atoms with van der Waals surface area (Å²) in [5.74, 6) is 0.949. The normalized spacial score (nSPS) is 16.2. The van der Waals surface area contributed by atoms with Gasteiger partial charge in [0.2, 0.25) is 17.7 Å². The Balaban J connectivity index is 1.50.